The van der Waals surface area contributed by atoms with Gasteiger partial charge < -0.3 is 16.4 Å². The van der Waals surface area contributed by atoms with Gasteiger partial charge >= 0.3 is 12.2 Å². The molecule has 0 aromatic heterocycles. The SMILES string of the molecule is NCCCNC(=O)NCc1cccc(C(F)(F)F)c1. The van der Waals surface area contributed by atoms with Crippen molar-refractivity contribution in [1.82, 2.24) is 10.6 Å². The Kier molecular flexibility index (Phi) is 5.62. The summed E-state index contributed by atoms with van der Waals surface area (Å²) in [5.74, 6) is 0. The number of benzene rings is 1. The molecule has 0 atom stereocenters. The molecule has 0 heterocycles. The largest absolute Gasteiger partial charge is 0.416 e. The van der Waals surface area contributed by atoms with E-state index < -0.39 is 17.8 Å². The van der Waals surface area contributed by atoms with E-state index in [9.17, 15) is 18.0 Å². The van der Waals surface area contributed by atoms with Crippen LogP contribution >= 0.6 is 0 Å². The summed E-state index contributed by atoms with van der Waals surface area (Å²) >= 11 is 0. The van der Waals surface area contributed by atoms with Crippen molar-refractivity contribution in [1.29, 1.82) is 0 Å². The maximum Gasteiger partial charge on any atom is 0.416 e. The first-order valence-corrected chi connectivity index (χ1v) is 5.81. The van der Waals surface area contributed by atoms with Gasteiger partial charge in [0.2, 0.25) is 0 Å². The van der Waals surface area contributed by atoms with Crippen molar-refractivity contribution in [3.8, 4) is 0 Å². The number of nitrogens with one attached hydrogen (secondary N) is 2. The summed E-state index contributed by atoms with van der Waals surface area (Å²) in [6.07, 6.45) is -3.73. The normalized spacial score (nSPS) is 11.2. The quantitative estimate of drug-likeness (QED) is 0.718. The zero-order valence-corrected chi connectivity index (χ0v) is 10.3. The van der Waals surface area contributed by atoms with Gasteiger partial charge in [0.1, 0.15) is 0 Å². The summed E-state index contributed by atoms with van der Waals surface area (Å²) < 4.78 is 37.4. The Bertz CT molecular complexity index is 421. The highest BCUT2D eigenvalue weighted by atomic mass is 19.4. The van der Waals surface area contributed by atoms with Gasteiger partial charge in [-0.05, 0) is 30.7 Å². The molecule has 0 spiro atoms. The van der Waals surface area contributed by atoms with E-state index in [0.717, 1.165) is 12.1 Å². The zero-order chi connectivity index (χ0) is 14.3. The summed E-state index contributed by atoms with van der Waals surface area (Å²) in [6.45, 7) is 0.942. The van der Waals surface area contributed by atoms with Crippen molar-refractivity contribution in [2.24, 2.45) is 5.73 Å². The summed E-state index contributed by atoms with van der Waals surface area (Å²) in [5.41, 5.74) is 4.92. The predicted octanol–water partition coefficient (Wildman–Crippen LogP) is 1.85. The van der Waals surface area contributed by atoms with E-state index in [-0.39, 0.29) is 6.54 Å². The standard InChI is InChI=1S/C12H16F3N3O/c13-12(14,15)10-4-1-3-9(7-10)8-18-11(19)17-6-2-5-16/h1,3-4,7H,2,5-6,8,16H2,(H2,17,18,19). The summed E-state index contributed by atoms with van der Waals surface area (Å²) in [7, 11) is 0. The van der Waals surface area contributed by atoms with Crippen LogP contribution in [0.2, 0.25) is 0 Å². The molecule has 0 bridgehead atoms. The highest BCUT2D eigenvalue weighted by Crippen LogP contribution is 2.29. The molecule has 0 radical (unpaired) electrons. The Morgan fingerprint density at radius 3 is 2.63 bits per heavy atom. The average molecular weight is 275 g/mol. The number of hydrogen-bond donors (Lipinski definition) is 3. The number of hydrogen-bond acceptors (Lipinski definition) is 2. The molecule has 1 aromatic rings. The Labute approximate surface area is 109 Å². The number of carbonyl (C=O) groups is 1. The molecule has 0 aliphatic rings. The Balaban J connectivity index is 2.47. The Morgan fingerprint density at radius 2 is 2.00 bits per heavy atom. The first kappa shape index (κ1) is 15.3. The molecule has 4 nitrogen and oxygen atoms in total. The summed E-state index contributed by atoms with van der Waals surface area (Å²) in [5, 5.41) is 5.02. The van der Waals surface area contributed by atoms with Crippen molar-refractivity contribution in [2.75, 3.05) is 13.1 Å². The van der Waals surface area contributed by atoms with E-state index in [1.165, 1.54) is 12.1 Å². The maximum atomic E-state index is 12.5. The lowest BCUT2D eigenvalue weighted by molar-refractivity contribution is -0.137. The number of urea groups is 1. The van der Waals surface area contributed by atoms with Gasteiger partial charge in [0, 0.05) is 13.1 Å². The first-order chi connectivity index (χ1) is 8.93. The van der Waals surface area contributed by atoms with Crippen molar-refractivity contribution >= 4 is 6.03 Å². The van der Waals surface area contributed by atoms with Gasteiger partial charge in [-0.2, -0.15) is 13.2 Å². The van der Waals surface area contributed by atoms with Crippen LogP contribution in [0.3, 0.4) is 0 Å². The van der Waals surface area contributed by atoms with Crippen LogP contribution in [0.1, 0.15) is 17.5 Å². The second-order valence-corrected chi connectivity index (χ2v) is 3.95. The molecule has 0 saturated carbocycles. The molecule has 106 valence electrons. The molecule has 7 heteroatoms. The van der Waals surface area contributed by atoms with Gasteiger partial charge in [-0.25, -0.2) is 4.79 Å². The van der Waals surface area contributed by atoms with Gasteiger partial charge in [-0.1, -0.05) is 12.1 Å². The molecular weight excluding hydrogens is 259 g/mol. The van der Waals surface area contributed by atoms with Crippen LogP contribution in [0.4, 0.5) is 18.0 Å². The highest BCUT2D eigenvalue weighted by Gasteiger charge is 2.30. The second kappa shape index (κ2) is 6.98. The van der Waals surface area contributed by atoms with E-state index >= 15 is 0 Å². The first-order valence-electron chi connectivity index (χ1n) is 5.81. The Morgan fingerprint density at radius 1 is 1.26 bits per heavy atom. The van der Waals surface area contributed by atoms with E-state index in [1.54, 1.807) is 0 Å². The molecule has 0 fully saturated rings. The molecule has 0 aliphatic heterocycles. The van der Waals surface area contributed by atoms with Crippen LogP contribution in [0, 0.1) is 0 Å². The van der Waals surface area contributed by atoms with Crippen LogP contribution < -0.4 is 16.4 Å². The third-order valence-corrected chi connectivity index (χ3v) is 2.37. The highest BCUT2D eigenvalue weighted by molar-refractivity contribution is 5.73. The molecule has 1 rings (SSSR count). The molecule has 19 heavy (non-hydrogen) atoms. The minimum atomic E-state index is -4.38. The van der Waals surface area contributed by atoms with Gasteiger partial charge in [0.05, 0.1) is 5.56 Å². The predicted molar refractivity (Wildman–Crippen MR) is 65.4 cm³/mol. The fourth-order valence-corrected chi connectivity index (χ4v) is 1.41. The number of carbonyl (C=O) groups excluding carboxylic acids is 1. The van der Waals surface area contributed by atoms with Crippen LogP contribution in [0.25, 0.3) is 0 Å². The topological polar surface area (TPSA) is 67.1 Å². The monoisotopic (exact) mass is 275 g/mol. The molecule has 0 unspecified atom stereocenters. The van der Waals surface area contributed by atoms with Gasteiger partial charge in [0.15, 0.2) is 0 Å². The number of nitrogens with two attached hydrogens (primary N) is 1. The van der Waals surface area contributed by atoms with Crippen LogP contribution in [-0.4, -0.2) is 19.1 Å². The molecule has 0 saturated heterocycles. The second-order valence-electron chi connectivity index (χ2n) is 3.95. The minimum absolute atomic E-state index is 0.0401. The number of halogens is 3. The Hall–Kier alpha value is -1.76. The van der Waals surface area contributed by atoms with E-state index in [1.807, 2.05) is 0 Å². The van der Waals surface area contributed by atoms with E-state index in [2.05, 4.69) is 10.6 Å². The maximum absolute atomic E-state index is 12.5. The fourth-order valence-electron chi connectivity index (χ4n) is 1.41. The van der Waals surface area contributed by atoms with Gasteiger partial charge in [-0.15, -0.1) is 0 Å². The van der Waals surface area contributed by atoms with Crippen LogP contribution in [0.15, 0.2) is 24.3 Å². The number of rotatable bonds is 5. The molecule has 1 aromatic carbocycles. The van der Waals surface area contributed by atoms with Crippen molar-refractivity contribution < 1.29 is 18.0 Å². The smallest absolute Gasteiger partial charge is 0.338 e. The third kappa shape index (κ3) is 5.60. The van der Waals surface area contributed by atoms with Gasteiger partial charge in [-0.3, -0.25) is 0 Å². The lowest BCUT2D eigenvalue weighted by Crippen LogP contribution is -2.36. The molecular formula is C12H16F3N3O. The molecule has 0 aliphatic carbocycles. The van der Waals surface area contributed by atoms with Crippen molar-refractivity contribution in [3.63, 3.8) is 0 Å². The van der Waals surface area contributed by atoms with Gasteiger partial charge in [0.25, 0.3) is 0 Å². The minimum Gasteiger partial charge on any atom is -0.338 e. The lowest BCUT2D eigenvalue weighted by Gasteiger charge is -2.10. The average Bonchev–Trinajstić information content (AvgIpc) is 2.36. The van der Waals surface area contributed by atoms with Crippen LogP contribution in [-0.2, 0) is 12.7 Å². The van der Waals surface area contributed by atoms with E-state index in [4.69, 9.17) is 5.73 Å². The third-order valence-electron chi connectivity index (χ3n) is 2.37. The molecule has 2 amide bonds. The van der Waals surface area contributed by atoms with Crippen molar-refractivity contribution in [2.45, 2.75) is 19.1 Å². The lowest BCUT2D eigenvalue weighted by atomic mass is 10.1. The molecule has 4 N–H and O–H groups in total. The van der Waals surface area contributed by atoms with Crippen molar-refractivity contribution in [3.05, 3.63) is 35.4 Å². The van der Waals surface area contributed by atoms with E-state index in [0.29, 0.717) is 25.1 Å². The fraction of sp³-hybridized carbons (Fsp3) is 0.417. The number of alkyl halides is 3. The summed E-state index contributed by atoms with van der Waals surface area (Å²) in [4.78, 5) is 11.3. The van der Waals surface area contributed by atoms with Crippen LogP contribution in [0.5, 0.6) is 0 Å². The number of amides is 2. The summed E-state index contributed by atoms with van der Waals surface area (Å²) in [6, 6.07) is 4.41. The zero-order valence-electron chi connectivity index (χ0n) is 10.3.